The number of likely N-dealkylation sites (tertiary alicyclic amines) is 1. The molecule has 2 unspecified atom stereocenters. The van der Waals surface area contributed by atoms with Crippen molar-refractivity contribution in [1.29, 1.82) is 0 Å². The van der Waals surface area contributed by atoms with Crippen molar-refractivity contribution in [2.45, 2.75) is 60.0 Å². The predicted molar refractivity (Wildman–Crippen MR) is 91.9 cm³/mol. The highest BCUT2D eigenvalue weighted by Gasteiger charge is 2.24. The number of hydrogen-bond donors (Lipinski definition) is 1. The van der Waals surface area contributed by atoms with Crippen molar-refractivity contribution >= 4 is 0 Å². The molecular weight excluding hydrogens is 256 g/mol. The molecule has 0 radical (unpaired) electrons. The molecule has 21 heavy (non-hydrogen) atoms. The van der Waals surface area contributed by atoms with Gasteiger partial charge >= 0.3 is 0 Å². The number of benzene rings is 1. The van der Waals surface area contributed by atoms with E-state index in [2.05, 4.69) is 63.9 Å². The Labute approximate surface area is 130 Å². The molecular formula is C19H32N2. The summed E-state index contributed by atoms with van der Waals surface area (Å²) in [5.74, 6) is 0.806. The fourth-order valence-corrected chi connectivity index (χ4v) is 3.82. The molecule has 1 heterocycles. The van der Waals surface area contributed by atoms with Crippen LogP contribution in [0.25, 0.3) is 0 Å². The minimum Gasteiger partial charge on any atom is -0.310 e. The molecule has 0 bridgehead atoms. The normalized spacial score (nSPS) is 21.2. The molecule has 2 rings (SSSR count). The van der Waals surface area contributed by atoms with Crippen molar-refractivity contribution in [3.05, 3.63) is 34.4 Å². The van der Waals surface area contributed by atoms with Crippen molar-refractivity contribution in [3.8, 4) is 0 Å². The van der Waals surface area contributed by atoms with Gasteiger partial charge in [0.15, 0.2) is 0 Å². The van der Waals surface area contributed by atoms with E-state index < -0.39 is 0 Å². The third-order valence-corrected chi connectivity index (χ3v) is 4.93. The summed E-state index contributed by atoms with van der Waals surface area (Å²) in [6, 6.07) is 5.74. The van der Waals surface area contributed by atoms with Crippen LogP contribution in [0.5, 0.6) is 0 Å². The average molecular weight is 288 g/mol. The maximum Gasteiger partial charge on any atom is 0.0297 e. The third kappa shape index (κ3) is 4.08. The van der Waals surface area contributed by atoms with E-state index in [0.717, 1.165) is 12.5 Å². The van der Waals surface area contributed by atoms with Crippen LogP contribution >= 0.6 is 0 Å². The molecule has 1 aromatic rings. The Morgan fingerprint density at radius 3 is 2.29 bits per heavy atom. The summed E-state index contributed by atoms with van der Waals surface area (Å²) in [6.45, 7) is 17.2. The molecule has 0 amide bonds. The van der Waals surface area contributed by atoms with Gasteiger partial charge in [0.05, 0.1) is 0 Å². The van der Waals surface area contributed by atoms with Crippen LogP contribution in [0, 0.1) is 26.7 Å². The van der Waals surface area contributed by atoms with Crippen LogP contribution in [0.15, 0.2) is 12.1 Å². The first-order valence-electron chi connectivity index (χ1n) is 8.43. The molecule has 1 aliphatic rings. The van der Waals surface area contributed by atoms with Crippen LogP contribution in [-0.2, 0) is 0 Å². The lowest BCUT2D eigenvalue weighted by molar-refractivity contribution is 0.263. The van der Waals surface area contributed by atoms with Crippen LogP contribution in [0.1, 0.15) is 55.5 Å². The van der Waals surface area contributed by atoms with Crippen molar-refractivity contribution in [1.82, 2.24) is 10.2 Å². The first-order chi connectivity index (χ1) is 9.88. The first-order valence-corrected chi connectivity index (χ1v) is 8.43. The Bertz CT molecular complexity index is 455. The Morgan fingerprint density at radius 1 is 1.14 bits per heavy atom. The molecule has 2 atom stereocenters. The number of nitrogens with one attached hydrogen (secondary N) is 1. The average Bonchev–Trinajstić information content (AvgIpc) is 2.84. The monoisotopic (exact) mass is 288 g/mol. The lowest BCUT2D eigenvalue weighted by atomic mass is 9.94. The quantitative estimate of drug-likeness (QED) is 0.881. The Kier molecular flexibility index (Phi) is 5.45. The van der Waals surface area contributed by atoms with Gasteiger partial charge < -0.3 is 10.2 Å². The second-order valence-corrected chi connectivity index (χ2v) is 7.19. The van der Waals surface area contributed by atoms with Crippen molar-refractivity contribution in [2.75, 3.05) is 19.6 Å². The number of nitrogens with zero attached hydrogens (tertiary/aromatic N) is 1. The van der Waals surface area contributed by atoms with Gasteiger partial charge in [0.1, 0.15) is 0 Å². The van der Waals surface area contributed by atoms with E-state index >= 15 is 0 Å². The fourth-order valence-electron chi connectivity index (χ4n) is 3.82. The molecule has 0 aliphatic carbocycles. The largest absolute Gasteiger partial charge is 0.310 e. The zero-order valence-electron chi connectivity index (χ0n) is 14.7. The molecule has 2 heteroatoms. The molecule has 0 spiro atoms. The SMILES string of the molecule is Cc1cc(C)c(C(C)NCC2CCN(C(C)C)C2)c(C)c1. The number of hydrogen-bond acceptors (Lipinski definition) is 2. The van der Waals surface area contributed by atoms with Crippen LogP contribution in [0.2, 0.25) is 0 Å². The van der Waals surface area contributed by atoms with Crippen LogP contribution in [0.4, 0.5) is 0 Å². The summed E-state index contributed by atoms with van der Waals surface area (Å²) in [7, 11) is 0. The van der Waals surface area contributed by atoms with E-state index in [1.54, 1.807) is 0 Å². The van der Waals surface area contributed by atoms with Gasteiger partial charge in [-0.05, 0) is 83.7 Å². The van der Waals surface area contributed by atoms with Gasteiger partial charge in [-0.3, -0.25) is 0 Å². The zero-order valence-corrected chi connectivity index (χ0v) is 14.7. The topological polar surface area (TPSA) is 15.3 Å². The van der Waals surface area contributed by atoms with Crippen molar-refractivity contribution in [2.24, 2.45) is 5.92 Å². The van der Waals surface area contributed by atoms with E-state index in [1.165, 1.54) is 41.8 Å². The maximum atomic E-state index is 3.77. The molecule has 0 saturated carbocycles. The highest BCUT2D eigenvalue weighted by atomic mass is 15.2. The zero-order chi connectivity index (χ0) is 15.6. The highest BCUT2D eigenvalue weighted by Crippen LogP contribution is 2.24. The molecule has 2 nitrogen and oxygen atoms in total. The second-order valence-electron chi connectivity index (χ2n) is 7.19. The summed E-state index contributed by atoms with van der Waals surface area (Å²) < 4.78 is 0. The molecule has 1 saturated heterocycles. The summed E-state index contributed by atoms with van der Waals surface area (Å²) in [5, 5.41) is 3.77. The molecule has 1 fully saturated rings. The van der Waals surface area contributed by atoms with Crippen LogP contribution in [-0.4, -0.2) is 30.6 Å². The molecule has 118 valence electrons. The van der Waals surface area contributed by atoms with E-state index in [4.69, 9.17) is 0 Å². The smallest absolute Gasteiger partial charge is 0.0297 e. The second kappa shape index (κ2) is 6.93. The Balaban J connectivity index is 1.92. The molecule has 0 aromatic heterocycles. The Hall–Kier alpha value is -0.860. The fraction of sp³-hybridized carbons (Fsp3) is 0.684. The number of rotatable bonds is 5. The van der Waals surface area contributed by atoms with Gasteiger partial charge in [-0.2, -0.15) is 0 Å². The lowest BCUT2D eigenvalue weighted by Crippen LogP contribution is -2.31. The van der Waals surface area contributed by atoms with Gasteiger partial charge in [-0.15, -0.1) is 0 Å². The van der Waals surface area contributed by atoms with Crippen molar-refractivity contribution in [3.63, 3.8) is 0 Å². The van der Waals surface area contributed by atoms with Gasteiger partial charge in [-0.1, -0.05) is 17.7 Å². The predicted octanol–water partition coefficient (Wildman–Crippen LogP) is 3.99. The standard InChI is InChI=1S/C19H32N2/c1-13(2)21-8-7-18(12-21)11-20-17(6)19-15(4)9-14(3)10-16(19)5/h9-10,13,17-18,20H,7-8,11-12H2,1-6H3. The summed E-state index contributed by atoms with van der Waals surface area (Å²) in [6.07, 6.45) is 1.34. The van der Waals surface area contributed by atoms with E-state index in [-0.39, 0.29) is 0 Å². The third-order valence-electron chi connectivity index (χ3n) is 4.93. The minimum atomic E-state index is 0.443. The van der Waals surface area contributed by atoms with Gasteiger partial charge in [0.25, 0.3) is 0 Å². The van der Waals surface area contributed by atoms with Crippen molar-refractivity contribution < 1.29 is 0 Å². The molecule has 1 aromatic carbocycles. The maximum absolute atomic E-state index is 3.77. The van der Waals surface area contributed by atoms with E-state index in [0.29, 0.717) is 12.1 Å². The van der Waals surface area contributed by atoms with Gasteiger partial charge in [0.2, 0.25) is 0 Å². The van der Waals surface area contributed by atoms with E-state index in [1.807, 2.05) is 0 Å². The lowest BCUT2D eigenvalue weighted by Gasteiger charge is -2.23. The van der Waals surface area contributed by atoms with Crippen LogP contribution < -0.4 is 5.32 Å². The van der Waals surface area contributed by atoms with Crippen LogP contribution in [0.3, 0.4) is 0 Å². The summed E-state index contributed by atoms with van der Waals surface area (Å²) in [4.78, 5) is 2.60. The first kappa shape index (κ1) is 16.5. The van der Waals surface area contributed by atoms with E-state index in [9.17, 15) is 0 Å². The van der Waals surface area contributed by atoms with Gasteiger partial charge in [-0.25, -0.2) is 0 Å². The summed E-state index contributed by atoms with van der Waals surface area (Å²) >= 11 is 0. The number of aryl methyl sites for hydroxylation is 3. The minimum absolute atomic E-state index is 0.443. The Morgan fingerprint density at radius 2 is 1.76 bits per heavy atom. The molecule has 1 aliphatic heterocycles. The summed E-state index contributed by atoms with van der Waals surface area (Å²) in [5.41, 5.74) is 5.69. The van der Waals surface area contributed by atoms with Gasteiger partial charge in [0, 0.05) is 18.6 Å². The molecule has 1 N–H and O–H groups in total. The highest BCUT2D eigenvalue weighted by molar-refractivity contribution is 5.39.